The molecule has 1 aliphatic heterocycles. The van der Waals surface area contributed by atoms with Gasteiger partial charge < -0.3 is 25.4 Å². The highest BCUT2D eigenvalue weighted by atomic mass is 19.4. The van der Waals surface area contributed by atoms with Crippen LogP contribution in [0.5, 0.6) is 5.75 Å². The van der Waals surface area contributed by atoms with Crippen molar-refractivity contribution in [2.75, 3.05) is 13.1 Å². The summed E-state index contributed by atoms with van der Waals surface area (Å²) in [5.41, 5.74) is 1.84. The number of rotatable bonds is 7. The van der Waals surface area contributed by atoms with E-state index in [9.17, 15) is 27.6 Å². The molecule has 0 spiro atoms. The van der Waals surface area contributed by atoms with Gasteiger partial charge in [0.05, 0.1) is 6.04 Å². The first kappa shape index (κ1) is 26.8. The SMILES string of the molecule is Cc1ccc(C(Oc2ccc(C(=O)N[C@H]3CCCN(C(=O)O)C3)cc2)C(C)NC(=O)C(F)(F)F)cc1. The number of alkyl halides is 3. The molecule has 1 aliphatic rings. The lowest BCUT2D eigenvalue weighted by atomic mass is 10.0. The minimum Gasteiger partial charge on any atom is -0.484 e. The van der Waals surface area contributed by atoms with Gasteiger partial charge in [0.2, 0.25) is 0 Å². The zero-order valence-electron chi connectivity index (χ0n) is 19.8. The molecule has 0 saturated carbocycles. The first-order chi connectivity index (χ1) is 16.9. The Hall–Kier alpha value is -3.76. The predicted octanol–water partition coefficient (Wildman–Crippen LogP) is 4.05. The second-order valence-corrected chi connectivity index (χ2v) is 8.77. The fourth-order valence-corrected chi connectivity index (χ4v) is 3.95. The summed E-state index contributed by atoms with van der Waals surface area (Å²) in [6.07, 6.45) is -5.68. The van der Waals surface area contributed by atoms with E-state index in [1.165, 1.54) is 36.1 Å². The van der Waals surface area contributed by atoms with Gasteiger partial charge in [0.25, 0.3) is 5.91 Å². The number of carbonyl (C=O) groups is 3. The van der Waals surface area contributed by atoms with Crippen LogP contribution >= 0.6 is 0 Å². The highest BCUT2D eigenvalue weighted by Gasteiger charge is 2.40. The van der Waals surface area contributed by atoms with Crippen LogP contribution in [0.4, 0.5) is 18.0 Å². The van der Waals surface area contributed by atoms with Crippen LogP contribution in [0.1, 0.15) is 47.4 Å². The van der Waals surface area contributed by atoms with E-state index in [4.69, 9.17) is 9.84 Å². The maximum absolute atomic E-state index is 12.8. The number of hydrogen-bond acceptors (Lipinski definition) is 4. The number of ether oxygens (including phenoxy) is 1. The Kier molecular flexibility index (Phi) is 8.44. The number of carboxylic acid groups (broad SMARTS) is 1. The quantitative estimate of drug-likeness (QED) is 0.524. The van der Waals surface area contributed by atoms with Crippen LogP contribution in [-0.4, -0.2) is 59.3 Å². The molecular weight excluding hydrogens is 479 g/mol. The minimum atomic E-state index is -5.03. The number of halogens is 3. The van der Waals surface area contributed by atoms with E-state index in [0.717, 1.165) is 5.56 Å². The molecule has 2 aromatic carbocycles. The average Bonchev–Trinajstić information content (AvgIpc) is 2.83. The van der Waals surface area contributed by atoms with E-state index in [1.807, 2.05) is 12.2 Å². The topological polar surface area (TPSA) is 108 Å². The Morgan fingerprint density at radius 3 is 2.31 bits per heavy atom. The molecule has 1 saturated heterocycles. The van der Waals surface area contributed by atoms with Crippen molar-refractivity contribution >= 4 is 17.9 Å². The second kappa shape index (κ2) is 11.3. The molecule has 3 N–H and O–H groups in total. The summed E-state index contributed by atoms with van der Waals surface area (Å²) in [6.45, 7) is 3.92. The smallest absolute Gasteiger partial charge is 0.471 e. The first-order valence-corrected chi connectivity index (χ1v) is 11.4. The molecule has 36 heavy (non-hydrogen) atoms. The van der Waals surface area contributed by atoms with Gasteiger partial charge in [0, 0.05) is 24.7 Å². The van der Waals surface area contributed by atoms with Gasteiger partial charge in [-0.25, -0.2) is 4.79 Å². The summed E-state index contributed by atoms with van der Waals surface area (Å²) < 4.78 is 44.3. The number of hydrogen-bond donors (Lipinski definition) is 3. The van der Waals surface area contributed by atoms with Gasteiger partial charge in [-0.15, -0.1) is 0 Å². The van der Waals surface area contributed by atoms with Crippen LogP contribution in [0.15, 0.2) is 48.5 Å². The number of aryl methyl sites for hydroxylation is 1. The lowest BCUT2D eigenvalue weighted by Gasteiger charge is -2.31. The fraction of sp³-hybridized carbons (Fsp3) is 0.400. The van der Waals surface area contributed by atoms with Crippen molar-refractivity contribution in [2.45, 2.75) is 51.1 Å². The largest absolute Gasteiger partial charge is 0.484 e. The van der Waals surface area contributed by atoms with Crippen molar-refractivity contribution in [3.05, 3.63) is 65.2 Å². The fourth-order valence-electron chi connectivity index (χ4n) is 3.95. The highest BCUT2D eigenvalue weighted by Crippen LogP contribution is 2.27. The monoisotopic (exact) mass is 507 g/mol. The van der Waals surface area contributed by atoms with Gasteiger partial charge in [0.1, 0.15) is 11.9 Å². The van der Waals surface area contributed by atoms with Gasteiger partial charge in [-0.2, -0.15) is 13.2 Å². The molecular formula is C25H28F3N3O5. The summed E-state index contributed by atoms with van der Waals surface area (Å²) >= 11 is 0. The normalized spacial score (nSPS) is 17.6. The standard InChI is InChI=1S/C25H28F3N3O5/c1-15-5-7-17(8-6-15)21(16(2)29-23(33)25(26,27)28)36-20-11-9-18(10-12-20)22(32)30-19-4-3-13-31(14-19)24(34)35/h5-12,16,19,21H,3-4,13-14H2,1-2H3,(H,29,33)(H,30,32)(H,34,35)/t16?,19-,21?/m0/s1. The molecule has 3 atom stereocenters. The summed E-state index contributed by atoms with van der Waals surface area (Å²) in [5, 5.41) is 13.9. The number of likely N-dealkylation sites (tertiary alicyclic amines) is 1. The van der Waals surface area contributed by atoms with Crippen molar-refractivity contribution in [3.63, 3.8) is 0 Å². The summed E-state index contributed by atoms with van der Waals surface area (Å²) in [5.74, 6) is -2.15. The van der Waals surface area contributed by atoms with E-state index in [2.05, 4.69) is 5.32 Å². The Morgan fingerprint density at radius 2 is 1.72 bits per heavy atom. The molecule has 8 nitrogen and oxygen atoms in total. The minimum absolute atomic E-state index is 0.210. The molecule has 1 heterocycles. The Labute approximate surface area is 206 Å². The van der Waals surface area contributed by atoms with E-state index >= 15 is 0 Å². The van der Waals surface area contributed by atoms with E-state index in [1.54, 1.807) is 24.3 Å². The third kappa shape index (κ3) is 7.12. The third-order valence-corrected chi connectivity index (χ3v) is 5.88. The van der Waals surface area contributed by atoms with Crippen molar-refractivity contribution in [3.8, 4) is 5.75 Å². The van der Waals surface area contributed by atoms with Crippen LogP contribution in [0, 0.1) is 6.92 Å². The van der Waals surface area contributed by atoms with Crippen LogP contribution in [0.2, 0.25) is 0 Å². The molecule has 0 bridgehead atoms. The van der Waals surface area contributed by atoms with Crippen LogP contribution in [-0.2, 0) is 4.79 Å². The number of carbonyl (C=O) groups excluding carboxylic acids is 2. The zero-order valence-corrected chi connectivity index (χ0v) is 19.8. The van der Waals surface area contributed by atoms with E-state index < -0.39 is 30.3 Å². The van der Waals surface area contributed by atoms with Crippen LogP contribution < -0.4 is 15.4 Å². The Bertz CT molecular complexity index is 1070. The Balaban J connectivity index is 1.70. The van der Waals surface area contributed by atoms with Gasteiger partial charge in [-0.05, 0) is 56.5 Å². The molecule has 2 unspecified atom stereocenters. The molecule has 0 aliphatic carbocycles. The number of nitrogens with zero attached hydrogens (tertiary/aromatic N) is 1. The van der Waals surface area contributed by atoms with Crippen molar-refractivity contribution in [2.24, 2.45) is 0 Å². The molecule has 2 aromatic rings. The maximum Gasteiger partial charge on any atom is 0.471 e. The summed E-state index contributed by atoms with van der Waals surface area (Å²) in [6, 6.07) is 11.7. The number of nitrogens with one attached hydrogen (secondary N) is 2. The van der Waals surface area contributed by atoms with Crippen LogP contribution in [0.3, 0.4) is 0 Å². The van der Waals surface area contributed by atoms with Crippen LogP contribution in [0.25, 0.3) is 0 Å². The maximum atomic E-state index is 12.8. The van der Waals surface area contributed by atoms with Gasteiger partial charge in [-0.3, -0.25) is 9.59 Å². The molecule has 194 valence electrons. The molecule has 11 heteroatoms. The zero-order chi connectivity index (χ0) is 26.5. The van der Waals surface area contributed by atoms with Crippen molar-refractivity contribution in [1.82, 2.24) is 15.5 Å². The number of benzene rings is 2. The van der Waals surface area contributed by atoms with Gasteiger partial charge >= 0.3 is 18.2 Å². The summed E-state index contributed by atoms with van der Waals surface area (Å²) in [7, 11) is 0. The van der Waals surface area contributed by atoms with Gasteiger partial charge in [0.15, 0.2) is 0 Å². The van der Waals surface area contributed by atoms with E-state index in [0.29, 0.717) is 36.3 Å². The molecule has 0 aromatic heterocycles. The molecule has 3 amide bonds. The van der Waals surface area contributed by atoms with Crippen molar-refractivity contribution in [1.29, 1.82) is 0 Å². The number of piperidine rings is 1. The lowest BCUT2D eigenvalue weighted by molar-refractivity contribution is -0.174. The molecule has 3 rings (SSSR count). The third-order valence-electron chi connectivity index (χ3n) is 5.88. The van der Waals surface area contributed by atoms with Crippen molar-refractivity contribution < 1.29 is 37.4 Å². The second-order valence-electron chi connectivity index (χ2n) is 8.77. The first-order valence-electron chi connectivity index (χ1n) is 11.4. The predicted molar refractivity (Wildman–Crippen MR) is 125 cm³/mol. The molecule has 1 fully saturated rings. The molecule has 0 radical (unpaired) electrons. The van der Waals surface area contributed by atoms with E-state index in [-0.39, 0.29) is 18.5 Å². The number of amides is 3. The summed E-state index contributed by atoms with van der Waals surface area (Å²) in [4.78, 5) is 36.6. The Morgan fingerprint density at radius 1 is 1.08 bits per heavy atom. The lowest BCUT2D eigenvalue weighted by Crippen LogP contribution is -2.49. The average molecular weight is 508 g/mol. The van der Waals surface area contributed by atoms with Gasteiger partial charge in [-0.1, -0.05) is 29.8 Å². The highest BCUT2D eigenvalue weighted by molar-refractivity contribution is 5.94.